The monoisotopic (exact) mass is 204 g/mol. The van der Waals surface area contributed by atoms with E-state index in [2.05, 4.69) is 0 Å². The smallest absolute Gasteiger partial charge is 1.00 e. The van der Waals surface area contributed by atoms with Crippen molar-refractivity contribution in [3.05, 3.63) is 0 Å². The first kappa shape index (κ1) is 12.4. The Bertz CT molecular complexity index is 102. The van der Waals surface area contributed by atoms with E-state index in [4.69, 9.17) is 10.2 Å². The number of rotatable bonds is 3. The third kappa shape index (κ3) is 12.1. The van der Waals surface area contributed by atoms with E-state index in [0.29, 0.717) is 0 Å². The van der Waals surface area contributed by atoms with Crippen LogP contribution in [-0.2, 0) is 9.59 Å². The van der Waals surface area contributed by atoms with Gasteiger partial charge >= 0.3 is 70.1 Å². The molecular formula is C4H7O4Rb. The van der Waals surface area contributed by atoms with E-state index < -0.39 is 11.9 Å². The molecule has 0 aromatic heterocycles. The van der Waals surface area contributed by atoms with Gasteiger partial charge in [0.05, 0.1) is 12.8 Å². The van der Waals surface area contributed by atoms with Crippen LogP contribution in [-0.4, -0.2) is 22.2 Å². The SMILES string of the molecule is O=C(O)CCC(=O)O.[H-].[Rb+]. The molecule has 0 rings (SSSR count). The Hall–Kier alpha value is 0.745. The van der Waals surface area contributed by atoms with Gasteiger partial charge in [0.2, 0.25) is 0 Å². The normalized spacial score (nSPS) is 7.56. The van der Waals surface area contributed by atoms with Gasteiger partial charge in [0.25, 0.3) is 0 Å². The maximum absolute atomic E-state index is 9.64. The summed E-state index contributed by atoms with van der Waals surface area (Å²) in [5.74, 6) is -2.15. The van der Waals surface area contributed by atoms with Gasteiger partial charge in [0, 0.05) is 0 Å². The minimum absolute atomic E-state index is 0. The molecule has 2 N–H and O–H groups in total. The number of hydrogen-bond acceptors (Lipinski definition) is 2. The van der Waals surface area contributed by atoms with Crippen LogP contribution in [0.4, 0.5) is 0 Å². The van der Waals surface area contributed by atoms with Crippen LogP contribution in [0.2, 0.25) is 0 Å². The van der Waals surface area contributed by atoms with Crippen molar-refractivity contribution in [2.45, 2.75) is 12.8 Å². The molecule has 0 saturated carbocycles. The van der Waals surface area contributed by atoms with Crippen molar-refractivity contribution >= 4 is 11.9 Å². The Morgan fingerprint density at radius 2 is 1.33 bits per heavy atom. The Kier molecular flexibility index (Phi) is 9.47. The van der Waals surface area contributed by atoms with Crippen molar-refractivity contribution in [3.8, 4) is 0 Å². The summed E-state index contributed by atoms with van der Waals surface area (Å²) in [4.78, 5) is 19.3. The minimum atomic E-state index is -1.08. The topological polar surface area (TPSA) is 74.6 Å². The van der Waals surface area contributed by atoms with E-state index in [-0.39, 0.29) is 72.5 Å². The second-order valence-corrected chi connectivity index (χ2v) is 1.29. The summed E-state index contributed by atoms with van der Waals surface area (Å²) >= 11 is 0. The van der Waals surface area contributed by atoms with Crippen LogP contribution >= 0.6 is 0 Å². The summed E-state index contributed by atoms with van der Waals surface area (Å²) in [5, 5.41) is 15.8. The summed E-state index contributed by atoms with van der Waals surface area (Å²) in [5.41, 5.74) is 0. The summed E-state index contributed by atoms with van der Waals surface area (Å²) in [6.45, 7) is 0. The number of carboxylic acid groups (broad SMARTS) is 2. The summed E-state index contributed by atoms with van der Waals surface area (Å²) in [7, 11) is 0. The third-order valence-electron chi connectivity index (χ3n) is 0.553. The summed E-state index contributed by atoms with van der Waals surface area (Å²) in [6, 6.07) is 0. The van der Waals surface area contributed by atoms with E-state index in [1.54, 1.807) is 0 Å². The van der Waals surface area contributed by atoms with Crippen LogP contribution in [0.5, 0.6) is 0 Å². The Morgan fingerprint density at radius 3 is 1.44 bits per heavy atom. The number of carbonyl (C=O) groups is 2. The molecule has 0 aliphatic heterocycles. The van der Waals surface area contributed by atoms with Crippen LogP contribution < -0.4 is 58.2 Å². The van der Waals surface area contributed by atoms with Gasteiger partial charge in [0.15, 0.2) is 0 Å². The fourth-order valence-corrected chi connectivity index (χ4v) is 0.214. The molecule has 9 heavy (non-hydrogen) atoms. The van der Waals surface area contributed by atoms with Gasteiger partial charge in [-0.1, -0.05) is 0 Å². The maximum Gasteiger partial charge on any atom is 1.00 e. The molecule has 0 bridgehead atoms. The van der Waals surface area contributed by atoms with Crippen LogP contribution in [0.15, 0.2) is 0 Å². The molecule has 0 aromatic carbocycles. The van der Waals surface area contributed by atoms with E-state index in [1.807, 2.05) is 0 Å². The Labute approximate surface area is 103 Å². The molecule has 0 fully saturated rings. The molecule has 0 radical (unpaired) electrons. The molecule has 5 heteroatoms. The van der Waals surface area contributed by atoms with Crippen LogP contribution in [0.25, 0.3) is 0 Å². The van der Waals surface area contributed by atoms with Crippen LogP contribution in [0.3, 0.4) is 0 Å². The Morgan fingerprint density at radius 1 is 1.11 bits per heavy atom. The average molecular weight is 205 g/mol. The van der Waals surface area contributed by atoms with Gasteiger partial charge in [-0.3, -0.25) is 9.59 Å². The first-order chi connectivity index (χ1) is 3.63. The van der Waals surface area contributed by atoms with E-state index >= 15 is 0 Å². The van der Waals surface area contributed by atoms with Gasteiger partial charge < -0.3 is 11.6 Å². The molecule has 0 aromatic rings. The second kappa shape index (κ2) is 6.86. The molecule has 48 valence electrons. The van der Waals surface area contributed by atoms with E-state index in [1.165, 1.54) is 0 Å². The van der Waals surface area contributed by atoms with Crippen molar-refractivity contribution in [1.82, 2.24) is 0 Å². The van der Waals surface area contributed by atoms with Crippen LogP contribution in [0.1, 0.15) is 14.3 Å². The quantitative estimate of drug-likeness (QED) is 0.516. The molecule has 0 amide bonds. The van der Waals surface area contributed by atoms with Gasteiger partial charge in [-0.25, -0.2) is 0 Å². The zero-order valence-corrected chi connectivity index (χ0v) is 10.0. The first-order valence-corrected chi connectivity index (χ1v) is 2.06. The zero-order chi connectivity index (χ0) is 6.57. The minimum Gasteiger partial charge on any atom is -1.00 e. The van der Waals surface area contributed by atoms with Gasteiger partial charge in [-0.2, -0.15) is 0 Å². The molecule has 0 atom stereocenters. The van der Waals surface area contributed by atoms with Crippen molar-refractivity contribution in [3.63, 3.8) is 0 Å². The summed E-state index contributed by atoms with van der Waals surface area (Å²) in [6.07, 6.45) is -0.593. The van der Waals surface area contributed by atoms with E-state index in [9.17, 15) is 9.59 Å². The predicted molar refractivity (Wildman–Crippen MR) is 25.6 cm³/mol. The standard InChI is InChI=1S/C4H6O4.Rb.H/c5-3(6)1-2-4(7)8;;/h1-2H2,(H,5,6)(H,7,8);;/q;+1;-1. The molecule has 0 heterocycles. The molecule has 4 nitrogen and oxygen atoms in total. The summed E-state index contributed by atoms with van der Waals surface area (Å²) < 4.78 is 0. The molecule has 0 aliphatic rings. The second-order valence-electron chi connectivity index (χ2n) is 1.29. The number of aliphatic carboxylic acids is 2. The molecule has 0 aliphatic carbocycles. The zero-order valence-electron chi connectivity index (χ0n) is 6.13. The fraction of sp³-hybridized carbons (Fsp3) is 0.500. The van der Waals surface area contributed by atoms with Crippen molar-refractivity contribution in [2.24, 2.45) is 0 Å². The van der Waals surface area contributed by atoms with E-state index in [0.717, 1.165) is 0 Å². The number of carboxylic acids is 2. The van der Waals surface area contributed by atoms with Crippen molar-refractivity contribution < 1.29 is 79.4 Å². The molecular weight excluding hydrogens is 198 g/mol. The predicted octanol–water partition coefficient (Wildman–Crippen LogP) is -2.95. The number of hydrogen-bond donors (Lipinski definition) is 2. The largest absolute Gasteiger partial charge is 1.00 e. The molecule has 0 spiro atoms. The Balaban J connectivity index is -0.000000245. The average Bonchev–Trinajstić information content (AvgIpc) is 1.61. The third-order valence-corrected chi connectivity index (χ3v) is 0.553. The van der Waals surface area contributed by atoms with Crippen molar-refractivity contribution in [1.29, 1.82) is 0 Å². The van der Waals surface area contributed by atoms with Gasteiger partial charge in [0.1, 0.15) is 0 Å². The first-order valence-electron chi connectivity index (χ1n) is 2.06. The molecule has 0 unspecified atom stereocenters. The molecule has 0 saturated heterocycles. The fourth-order valence-electron chi connectivity index (χ4n) is 0.214. The maximum atomic E-state index is 9.64. The van der Waals surface area contributed by atoms with Gasteiger partial charge in [-0.05, 0) is 0 Å². The van der Waals surface area contributed by atoms with Crippen molar-refractivity contribution in [2.75, 3.05) is 0 Å². The van der Waals surface area contributed by atoms with Crippen LogP contribution in [0, 0.1) is 0 Å². The van der Waals surface area contributed by atoms with Gasteiger partial charge in [-0.15, -0.1) is 0 Å².